The lowest BCUT2D eigenvalue weighted by molar-refractivity contribution is -0.00000429. The van der Waals surface area contributed by atoms with Crippen LogP contribution in [0.1, 0.15) is 5.56 Å². The summed E-state index contributed by atoms with van der Waals surface area (Å²) in [5.74, 6) is 0.410. The molecule has 16 heavy (non-hydrogen) atoms. The second kappa shape index (κ2) is 3.63. The number of hydrogen-bond donors (Lipinski definition) is 2. The van der Waals surface area contributed by atoms with Crippen LogP contribution in [-0.2, 0) is 6.42 Å². The van der Waals surface area contributed by atoms with E-state index in [1.807, 2.05) is 6.07 Å². The molecule has 0 radical (unpaired) electrons. The van der Waals surface area contributed by atoms with E-state index in [-0.39, 0.29) is 24.0 Å². The fourth-order valence-electron chi connectivity index (χ4n) is 2.58. The number of rotatable bonds is 0. The highest BCUT2D eigenvalue weighted by Crippen LogP contribution is 2.42. The minimum absolute atomic E-state index is 0. The molecule has 1 aromatic heterocycles. The number of halogens is 1. The molecular formula is C12H15IN2O. The normalized spacial score (nSPS) is 17.1. The number of phenols is 1. The number of hydrogen-bond acceptors (Lipinski definition) is 1. The Kier molecular flexibility index (Phi) is 2.66. The number of quaternary nitrogens is 1. The third-order valence-corrected chi connectivity index (χ3v) is 3.43. The van der Waals surface area contributed by atoms with Gasteiger partial charge in [0.25, 0.3) is 0 Å². The van der Waals surface area contributed by atoms with Crippen LogP contribution in [0.5, 0.6) is 5.75 Å². The molecule has 1 aromatic carbocycles. The van der Waals surface area contributed by atoms with Gasteiger partial charge in [0.05, 0.1) is 31.5 Å². The molecule has 86 valence electrons. The van der Waals surface area contributed by atoms with Gasteiger partial charge in [-0.1, -0.05) is 0 Å². The highest BCUT2D eigenvalue weighted by atomic mass is 127. The number of aromatic hydroxyl groups is 1. The summed E-state index contributed by atoms with van der Waals surface area (Å²) >= 11 is 0. The van der Waals surface area contributed by atoms with E-state index in [1.165, 1.54) is 10.9 Å². The summed E-state index contributed by atoms with van der Waals surface area (Å²) in [4.78, 5) is 3.26. The molecule has 0 saturated carbocycles. The van der Waals surface area contributed by atoms with Crippen LogP contribution in [0.4, 0.5) is 5.69 Å². The third kappa shape index (κ3) is 1.43. The van der Waals surface area contributed by atoms with Crippen molar-refractivity contribution < 1.29 is 29.1 Å². The lowest BCUT2D eigenvalue weighted by Crippen LogP contribution is -3.00. The number of nitrogens with one attached hydrogen (secondary N) is 1. The Balaban J connectivity index is 0.000000963. The van der Waals surface area contributed by atoms with Gasteiger partial charge in [0.15, 0.2) is 11.4 Å². The first-order valence-corrected chi connectivity index (χ1v) is 5.25. The largest absolute Gasteiger partial charge is 1.00 e. The average molecular weight is 330 g/mol. The minimum Gasteiger partial charge on any atom is -1.00 e. The molecule has 0 fully saturated rings. The molecule has 3 rings (SSSR count). The molecule has 0 unspecified atom stereocenters. The maximum Gasteiger partial charge on any atom is 0.184 e. The second-order valence-electron chi connectivity index (χ2n) is 4.83. The van der Waals surface area contributed by atoms with Gasteiger partial charge in [-0.05, 0) is 17.7 Å². The van der Waals surface area contributed by atoms with Crippen molar-refractivity contribution in [2.24, 2.45) is 0 Å². The monoisotopic (exact) mass is 330 g/mol. The molecule has 2 N–H and O–H groups in total. The van der Waals surface area contributed by atoms with Crippen molar-refractivity contribution in [1.29, 1.82) is 0 Å². The predicted octanol–water partition coefficient (Wildman–Crippen LogP) is -0.999. The number of aromatic nitrogens is 1. The van der Waals surface area contributed by atoms with Gasteiger partial charge in [-0.25, -0.2) is 0 Å². The van der Waals surface area contributed by atoms with Crippen molar-refractivity contribution in [3.63, 3.8) is 0 Å². The Morgan fingerprint density at radius 3 is 2.81 bits per heavy atom. The van der Waals surface area contributed by atoms with E-state index in [0.717, 1.165) is 28.7 Å². The summed E-state index contributed by atoms with van der Waals surface area (Å²) in [7, 11) is 4.29. The Hall–Kier alpha value is -0.750. The van der Waals surface area contributed by atoms with Crippen LogP contribution in [0.15, 0.2) is 18.3 Å². The van der Waals surface area contributed by atoms with Gasteiger partial charge in [0.1, 0.15) is 0 Å². The van der Waals surface area contributed by atoms with E-state index in [9.17, 15) is 5.11 Å². The number of benzene rings is 1. The summed E-state index contributed by atoms with van der Waals surface area (Å²) in [6, 6.07) is 3.73. The SMILES string of the molecule is C[N+]1(C)CCc2c[nH]c3ccc(O)c1c23.[I-]. The molecule has 0 aliphatic carbocycles. The van der Waals surface area contributed by atoms with Gasteiger partial charge in [0.2, 0.25) is 0 Å². The Morgan fingerprint density at radius 2 is 2.06 bits per heavy atom. The Bertz CT molecular complexity index is 545. The number of likely N-dealkylation sites (N-methyl/N-ethyl adjacent to an activating group) is 1. The zero-order chi connectivity index (χ0) is 10.6. The van der Waals surface area contributed by atoms with Crippen LogP contribution >= 0.6 is 0 Å². The summed E-state index contributed by atoms with van der Waals surface area (Å²) < 4.78 is 0.758. The van der Waals surface area contributed by atoms with Crippen LogP contribution in [-0.4, -0.2) is 30.7 Å². The van der Waals surface area contributed by atoms with E-state index >= 15 is 0 Å². The molecule has 0 bridgehead atoms. The molecule has 1 aliphatic heterocycles. The Morgan fingerprint density at radius 1 is 1.31 bits per heavy atom. The quantitative estimate of drug-likeness (QED) is 0.472. The van der Waals surface area contributed by atoms with Crippen molar-refractivity contribution in [3.05, 3.63) is 23.9 Å². The molecule has 0 amide bonds. The van der Waals surface area contributed by atoms with Gasteiger partial charge in [-0.15, -0.1) is 0 Å². The van der Waals surface area contributed by atoms with Crippen molar-refractivity contribution >= 4 is 16.6 Å². The molecule has 2 heterocycles. The standard InChI is InChI=1S/C12H14N2O.HI/c1-14(2)6-5-8-7-13-9-3-4-10(15)12(14)11(8)9;/h3-4,7,13H,5-6H2,1-2H3;1H. The van der Waals surface area contributed by atoms with Crippen LogP contribution in [0.25, 0.3) is 10.9 Å². The first-order chi connectivity index (χ1) is 7.09. The summed E-state index contributed by atoms with van der Waals surface area (Å²) in [5.41, 5.74) is 3.51. The average Bonchev–Trinajstić information content (AvgIpc) is 2.57. The Labute approximate surface area is 112 Å². The van der Waals surface area contributed by atoms with Crippen molar-refractivity contribution in [3.8, 4) is 5.75 Å². The molecule has 4 heteroatoms. The van der Waals surface area contributed by atoms with Gasteiger partial charge in [0, 0.05) is 12.6 Å². The third-order valence-electron chi connectivity index (χ3n) is 3.43. The predicted molar refractivity (Wildman–Crippen MR) is 62.2 cm³/mol. The van der Waals surface area contributed by atoms with Gasteiger partial charge >= 0.3 is 0 Å². The fraction of sp³-hybridized carbons (Fsp3) is 0.333. The minimum atomic E-state index is 0. The van der Waals surface area contributed by atoms with E-state index < -0.39 is 0 Å². The zero-order valence-electron chi connectivity index (χ0n) is 9.42. The van der Waals surface area contributed by atoms with Crippen LogP contribution < -0.4 is 28.5 Å². The highest BCUT2D eigenvalue weighted by molar-refractivity contribution is 5.98. The summed E-state index contributed by atoms with van der Waals surface area (Å²) in [6.45, 7) is 1.04. The molecule has 0 spiro atoms. The van der Waals surface area contributed by atoms with E-state index in [1.54, 1.807) is 6.07 Å². The second-order valence-corrected chi connectivity index (χ2v) is 4.83. The van der Waals surface area contributed by atoms with Gasteiger partial charge in [-0.2, -0.15) is 0 Å². The molecule has 0 atom stereocenters. The topological polar surface area (TPSA) is 36.0 Å². The fourth-order valence-corrected chi connectivity index (χ4v) is 2.58. The van der Waals surface area contributed by atoms with E-state index in [2.05, 4.69) is 25.3 Å². The number of phenolic OH excluding ortho intramolecular Hbond substituents is 1. The first kappa shape index (κ1) is 11.7. The molecular weight excluding hydrogens is 315 g/mol. The molecule has 2 aromatic rings. The van der Waals surface area contributed by atoms with Crippen molar-refractivity contribution in [1.82, 2.24) is 9.47 Å². The lowest BCUT2D eigenvalue weighted by Gasteiger charge is -2.33. The number of aromatic amines is 1. The van der Waals surface area contributed by atoms with E-state index in [4.69, 9.17) is 0 Å². The molecule has 1 aliphatic rings. The van der Waals surface area contributed by atoms with Gasteiger partial charge < -0.3 is 34.1 Å². The van der Waals surface area contributed by atoms with Crippen LogP contribution in [0.2, 0.25) is 0 Å². The van der Waals surface area contributed by atoms with Crippen molar-refractivity contribution in [2.45, 2.75) is 6.42 Å². The maximum absolute atomic E-state index is 9.99. The van der Waals surface area contributed by atoms with Crippen LogP contribution in [0, 0.1) is 0 Å². The van der Waals surface area contributed by atoms with Crippen molar-refractivity contribution in [2.75, 3.05) is 20.6 Å². The first-order valence-electron chi connectivity index (χ1n) is 5.25. The van der Waals surface area contributed by atoms with Crippen LogP contribution in [0.3, 0.4) is 0 Å². The highest BCUT2D eigenvalue weighted by Gasteiger charge is 2.32. The number of nitrogens with zero attached hydrogens (tertiary/aromatic N) is 1. The van der Waals surface area contributed by atoms with Gasteiger partial charge in [-0.3, -0.25) is 4.48 Å². The smallest absolute Gasteiger partial charge is 0.184 e. The summed E-state index contributed by atoms with van der Waals surface area (Å²) in [6.07, 6.45) is 3.14. The molecule has 3 nitrogen and oxygen atoms in total. The zero-order valence-corrected chi connectivity index (χ0v) is 11.6. The van der Waals surface area contributed by atoms with E-state index in [0.29, 0.717) is 5.75 Å². The number of H-pyrrole nitrogens is 1. The molecule has 0 saturated heterocycles. The lowest BCUT2D eigenvalue weighted by atomic mass is 10.0. The maximum atomic E-state index is 9.99. The summed E-state index contributed by atoms with van der Waals surface area (Å²) in [5, 5.41) is 11.2.